The molecule has 107 heavy (non-hydrogen) atoms. The molecule has 0 aromatic rings. The van der Waals surface area contributed by atoms with Crippen molar-refractivity contribution in [3.63, 3.8) is 0 Å². The topological polar surface area (TPSA) is 810 Å². The van der Waals surface area contributed by atoms with E-state index in [0.717, 1.165) is 32.1 Å². The number of nitrogens with two attached hydrogens (primary N) is 6. The minimum atomic E-state index is -1.88. The number of hydrogen-bond donors (Lipinski definition) is 24. The number of rotatable bonds is 23. The van der Waals surface area contributed by atoms with Crippen molar-refractivity contribution >= 4 is 122 Å². The second kappa shape index (κ2) is 81.1. The summed E-state index contributed by atoms with van der Waals surface area (Å²) in [5, 5.41) is 73.2. The van der Waals surface area contributed by atoms with Crippen molar-refractivity contribution < 1.29 is 227 Å². The molecule has 656 valence electrons. The van der Waals surface area contributed by atoms with E-state index in [2.05, 4.69) is 54.4 Å². The van der Waals surface area contributed by atoms with Crippen LogP contribution in [0.15, 0.2) is 85.6 Å². The van der Waals surface area contributed by atoms with Crippen LogP contribution in [0, 0.1) is 64.1 Å². The quantitative estimate of drug-likeness (QED) is 0.0353. The van der Waals surface area contributed by atoms with E-state index < -0.39 is 132 Å². The Morgan fingerprint density at radius 1 is 0.486 bits per heavy atom. The van der Waals surface area contributed by atoms with Crippen LogP contribution < -0.4 is 94.2 Å². The molecule has 48 heteroatoms. The summed E-state index contributed by atoms with van der Waals surface area (Å²) in [6, 6.07) is -3.35. The first kappa shape index (κ1) is 141. The molecule has 1 saturated carbocycles. The van der Waals surface area contributed by atoms with Crippen LogP contribution in [0.4, 0.5) is 0 Å². The van der Waals surface area contributed by atoms with Gasteiger partial charge in [-0.15, -0.1) is 6.58 Å². The Labute approximate surface area is 732 Å². The number of nitrogens with one attached hydrogen (secondary N) is 2. The molecule has 7 unspecified atom stereocenters. The third kappa shape index (κ3) is 53.4. The van der Waals surface area contributed by atoms with Gasteiger partial charge in [0.25, 0.3) is 0 Å². The van der Waals surface area contributed by atoms with Crippen LogP contribution in [0.3, 0.4) is 0 Å². The number of carbonyl (C=O) groups is 11. The van der Waals surface area contributed by atoms with Crippen molar-refractivity contribution in [3.8, 4) is 0 Å². The third-order valence-electron chi connectivity index (χ3n) is 16.0. The number of carbonyl (C=O) groups excluding carboxylic acids is 3. The molecule has 0 aromatic carbocycles. The molecular weight excluding hydrogens is 2820 g/mol. The Morgan fingerprint density at radius 2 is 0.794 bits per heavy atom. The van der Waals surface area contributed by atoms with Gasteiger partial charge in [0, 0.05) is 121 Å². The predicted molar refractivity (Wildman–Crippen MR) is 390 cm³/mol. The van der Waals surface area contributed by atoms with E-state index >= 15 is 0 Å². The van der Waals surface area contributed by atoms with E-state index in [-0.39, 0.29) is 201 Å². The van der Waals surface area contributed by atoms with E-state index in [1.54, 1.807) is 38.2 Å². The Kier molecular flexibility index (Phi) is 107. The molecule has 1 fully saturated rings. The average Bonchev–Trinajstić information content (AvgIpc) is 1.70. The normalized spacial score (nSPS) is 18.4. The molecule has 8 rings (SSSR count). The number of allylic oxidation sites excluding steroid dienone is 11. The van der Waals surface area contributed by atoms with Gasteiger partial charge in [-0.1, -0.05) is 92.8 Å². The van der Waals surface area contributed by atoms with E-state index in [9.17, 15) is 52.7 Å². The van der Waals surface area contributed by atoms with Crippen LogP contribution in [-0.2, 0) is 186 Å². The van der Waals surface area contributed by atoms with E-state index in [4.69, 9.17) is 132 Å². The van der Waals surface area contributed by atoms with E-state index in [1.807, 2.05) is 17.5 Å². The monoisotopic (exact) mass is 2930 g/mol. The van der Waals surface area contributed by atoms with Crippen LogP contribution in [-0.4, -0.2) is 157 Å². The second-order valence-corrected chi connectivity index (χ2v) is 31.6. The molecule has 0 aliphatic heterocycles. The van der Waals surface area contributed by atoms with Crippen molar-refractivity contribution in [1.82, 2.24) is 59.8 Å². The number of ketones is 1. The molecule has 0 aromatic heterocycles. The number of aliphatic carboxylic acids is 8. The van der Waals surface area contributed by atoms with Crippen molar-refractivity contribution in [2.75, 3.05) is 26.2 Å². The zero-order chi connectivity index (χ0) is 73.6. The maximum atomic E-state index is 12.2. The molecule has 0 spiro atoms. The predicted octanol–water partition coefficient (Wildman–Crippen LogP) is 7.27. The van der Waals surface area contributed by atoms with Crippen molar-refractivity contribution in [2.45, 2.75) is 121 Å². The van der Waals surface area contributed by atoms with Crippen LogP contribution >= 0.6 is 56.5 Å². The first-order valence-electron chi connectivity index (χ1n) is 29.1. The van der Waals surface area contributed by atoms with Gasteiger partial charge < -0.3 is 135 Å². The first-order valence-corrected chi connectivity index (χ1v) is 46.0. The number of halogens is 6. The Hall–Kier alpha value is -1.45. The molecule has 0 saturated heterocycles. The van der Waals surface area contributed by atoms with E-state index in [0.29, 0.717) is 81.3 Å². The van der Waals surface area contributed by atoms with Gasteiger partial charge in [-0.3, -0.25) is 33.6 Å². The summed E-state index contributed by atoms with van der Waals surface area (Å²) in [6.45, 7) is 9.08. The smallest absolute Gasteiger partial charge is 0 e. The summed E-state index contributed by atoms with van der Waals surface area (Å²) < 4.78 is 0. The maximum absolute atomic E-state index is 12.2. The maximum Gasteiger partial charge on any atom is 0 e. The molecule has 0 heterocycles. The third-order valence-corrected chi connectivity index (χ3v) is 16.0. The molecule has 2 amide bonds. The molecule has 46 N–H and O–H groups in total. The Bertz CT molecular complexity index is 2540. The Balaban J connectivity index is -0.0000000695. The summed E-state index contributed by atoms with van der Waals surface area (Å²) in [5.41, 5.74) is 29.7. The molecule has 0 radical (unpaired) electrons. The molecule has 7 atom stereocenters. The summed E-state index contributed by atoms with van der Waals surface area (Å²) in [5.74, 6) is -10.6. The van der Waals surface area contributed by atoms with Crippen molar-refractivity contribution in [2.24, 2.45) is 98.5 Å². The van der Waals surface area contributed by atoms with Gasteiger partial charge >= 0.3 is 154 Å². The molecule has 8 aliphatic carbocycles. The van der Waals surface area contributed by atoms with Gasteiger partial charge in [0.15, 0.2) is 10.8 Å². The fourth-order valence-corrected chi connectivity index (χ4v) is 9.89. The van der Waals surface area contributed by atoms with Gasteiger partial charge in [-0.05, 0) is 139 Å². The fourth-order valence-electron chi connectivity index (χ4n) is 9.89. The van der Waals surface area contributed by atoms with Crippen LogP contribution in [0.1, 0.15) is 97.3 Å². The van der Waals surface area contributed by atoms with Crippen molar-refractivity contribution in [3.05, 3.63) is 85.6 Å². The van der Waals surface area contributed by atoms with Gasteiger partial charge in [0.2, 0.25) is 23.9 Å². The summed E-state index contributed by atoms with van der Waals surface area (Å²) in [4.78, 5) is 120. The van der Waals surface area contributed by atoms with Crippen LogP contribution in [0.25, 0.3) is 0 Å². The van der Waals surface area contributed by atoms with Crippen LogP contribution in [0.5, 0.6) is 0 Å². The average molecular weight is 2930 g/mol. The summed E-state index contributed by atoms with van der Waals surface area (Å²) >= 11 is -1.42. The number of amides is 2. The van der Waals surface area contributed by atoms with Gasteiger partial charge in [0.05, 0.1) is 0 Å². The van der Waals surface area contributed by atoms with Crippen LogP contribution in [0.2, 0.25) is 0 Å². The number of carboxylic acids is 8. The SMILES string of the molecule is C=CCC(CN)CN.CCC(CC)(C(=O)O)C(=O)O.N.N.N.N.N.N.N.N.NC1CC=CCC1N.NCC(CN)CC(=O)C1CC=CC1.O=C(NC(C(=O)O)C(=O)O)C1CC=CC1.O=C(O)C(NC(=O)C1CC2C=CC1C1C=CC21)C(=O)O.O=C(O)C1(C(=O)O)CC=CC1.[Cl][Pt][Cl].[Cl][Pt][Cl].[Cl][Pt][Cl].[Pt].[Pt].[Pt].[Pt]. The standard InChI is InChI=1S/C14H15NO5.C10H18N2O.C9H11NO5.C7H8O4.C7H12O4.C6H12N2.C6H14N2.6ClH.8H3N.7Pt/c16-12(15-11(13(17)18)14(19)20)10-5-6-1-2-9(10)8-4-3-7(6)8;11-6-8(7-12)5-10(13)9-3-1-2-4-9;11-7(5-3-1-2-4-5)10-6(8(12)13)9(14)15;8-5(9)7(6(10)11)3-1-2-4-7;1-3-7(4-2,5(8)9)6(10)11;7-5-3-1-2-4-6(5)8;1-2-3-6(4-7)5-8;;;;;;;;;;;;;;;;;;;;;/h1-4,6-11H,5H2,(H,15,16)(H,17,18)(H,19,20);1-2,8-9H,3-7,11-12H2;1-2,5-6H,3-4H2,(H,10,11)(H,12,13)(H,14,15);1-2H,3-4H2,(H,8,9)(H,10,11);3-4H2,1-2H3,(H,8,9)(H,10,11);1-2,5-6H,3-4,7-8H2;2,6H,1,3-5,7-8H2;6*1H;8*1H3;;;;;;;/q;;;;;;;;;;;;;;;;;;;;;;;;;3*+2/p-6. The largest absolute Gasteiger partial charge is 0 e. The fraction of sp³-hybridized carbons (Fsp3) is 0.576. The number of fused-ring (bicyclic) bond motifs is 1. The minimum Gasteiger partial charge on any atom is 0 e. The summed E-state index contributed by atoms with van der Waals surface area (Å²) in [6.07, 6.45) is 32.6. The Morgan fingerprint density at radius 3 is 1.03 bits per heavy atom. The molecule has 8 aliphatic rings. The number of carboxylic acid groups (broad SMARTS) is 8. The van der Waals surface area contributed by atoms with Gasteiger partial charge in [-0.25, -0.2) is 19.2 Å². The molecule has 35 nitrogen and oxygen atoms in total. The van der Waals surface area contributed by atoms with Crippen molar-refractivity contribution in [1.29, 1.82) is 0 Å². The van der Waals surface area contributed by atoms with Gasteiger partial charge in [0.1, 0.15) is 5.78 Å². The minimum absolute atomic E-state index is 0. The first-order chi connectivity index (χ1) is 44.8. The van der Waals surface area contributed by atoms with E-state index in [1.165, 1.54) is 0 Å². The zero-order valence-corrected chi connectivity index (χ0v) is 79.4. The summed E-state index contributed by atoms with van der Waals surface area (Å²) in [7, 11) is 29.2. The zero-order valence-electron chi connectivity index (χ0n) is 58.9. The molecule has 2 bridgehead atoms. The second-order valence-electron chi connectivity index (χ2n) is 21.8. The molecular formula is C59H114Cl6N16O19Pt7. The number of hydrogen-bond acceptors (Lipinski definition) is 25. The number of Topliss-reactive ketones (excluding diaryl/α,β-unsaturated/α-hetero) is 1. The van der Waals surface area contributed by atoms with Gasteiger partial charge in [-0.2, -0.15) is 0 Å².